The van der Waals surface area contributed by atoms with E-state index in [0.717, 1.165) is 10.4 Å². The largest absolute Gasteiger partial charge is 0.348 e. The van der Waals surface area contributed by atoms with Gasteiger partial charge in [-0.2, -0.15) is 4.31 Å². The summed E-state index contributed by atoms with van der Waals surface area (Å²) >= 11 is 3.07. The lowest BCUT2D eigenvalue weighted by Gasteiger charge is -2.22. The summed E-state index contributed by atoms with van der Waals surface area (Å²) in [4.78, 5) is 12.5. The van der Waals surface area contributed by atoms with Crippen molar-refractivity contribution in [3.8, 4) is 0 Å². The lowest BCUT2D eigenvalue weighted by molar-refractivity contribution is -0.128. The first-order valence-electron chi connectivity index (χ1n) is 5.85. The third-order valence-corrected chi connectivity index (χ3v) is 5.12. The molecular formula is C12H16BrFN2O3S. The molecule has 20 heavy (non-hydrogen) atoms. The quantitative estimate of drug-likeness (QED) is 0.796. The molecule has 0 fully saturated rings. The van der Waals surface area contributed by atoms with Crippen molar-refractivity contribution in [1.29, 1.82) is 0 Å². The van der Waals surface area contributed by atoms with Crippen LogP contribution in [0.15, 0.2) is 27.6 Å². The first kappa shape index (κ1) is 17.1. The Bertz CT molecular complexity index is 605. The number of hydrogen-bond acceptors (Lipinski definition) is 3. The first-order valence-corrected chi connectivity index (χ1v) is 8.08. The number of rotatable bonds is 5. The number of hydrogen-bond donors (Lipinski definition) is 0. The molecule has 1 aromatic rings. The summed E-state index contributed by atoms with van der Waals surface area (Å²) in [5.41, 5.74) is 0. The minimum atomic E-state index is -4.04. The van der Waals surface area contributed by atoms with Gasteiger partial charge < -0.3 is 4.90 Å². The van der Waals surface area contributed by atoms with Crippen LogP contribution in [0.3, 0.4) is 0 Å². The van der Waals surface area contributed by atoms with Gasteiger partial charge in [0.2, 0.25) is 15.9 Å². The molecule has 0 heterocycles. The average molecular weight is 367 g/mol. The maximum atomic E-state index is 13.8. The third kappa shape index (κ3) is 3.77. The van der Waals surface area contributed by atoms with Crippen LogP contribution in [0.25, 0.3) is 0 Å². The zero-order valence-corrected chi connectivity index (χ0v) is 13.8. The van der Waals surface area contributed by atoms with Crippen LogP contribution in [0, 0.1) is 5.82 Å². The summed E-state index contributed by atoms with van der Waals surface area (Å²) in [5, 5.41) is 0. The molecule has 112 valence electrons. The van der Waals surface area contributed by atoms with Gasteiger partial charge >= 0.3 is 0 Å². The van der Waals surface area contributed by atoms with Gasteiger partial charge in [0.05, 0.1) is 6.54 Å². The summed E-state index contributed by atoms with van der Waals surface area (Å²) in [6.45, 7) is 1.36. The molecule has 0 aliphatic rings. The van der Waals surface area contributed by atoms with Crippen LogP contribution in [-0.4, -0.2) is 50.7 Å². The Balaban J connectivity index is 3.15. The van der Waals surface area contributed by atoms with Crippen LogP contribution in [0.1, 0.15) is 6.92 Å². The molecule has 8 heteroatoms. The summed E-state index contributed by atoms with van der Waals surface area (Å²) < 4.78 is 39.9. The van der Waals surface area contributed by atoms with Crippen molar-refractivity contribution in [3.63, 3.8) is 0 Å². The molecule has 1 rings (SSSR count). The van der Waals surface area contributed by atoms with Crippen molar-refractivity contribution in [3.05, 3.63) is 28.5 Å². The van der Waals surface area contributed by atoms with E-state index in [0.29, 0.717) is 4.47 Å². The van der Waals surface area contributed by atoms with E-state index >= 15 is 0 Å². The second-order valence-electron chi connectivity index (χ2n) is 4.29. The van der Waals surface area contributed by atoms with Crippen molar-refractivity contribution in [2.75, 3.05) is 27.2 Å². The Labute approximate surface area is 126 Å². The molecule has 0 saturated carbocycles. The van der Waals surface area contributed by atoms with E-state index in [-0.39, 0.29) is 19.0 Å². The number of amides is 1. The lowest BCUT2D eigenvalue weighted by atomic mass is 10.3. The normalized spacial score (nSPS) is 11.7. The zero-order valence-electron chi connectivity index (χ0n) is 11.4. The fraction of sp³-hybridized carbons (Fsp3) is 0.417. The lowest BCUT2D eigenvalue weighted by Crippen LogP contribution is -2.40. The van der Waals surface area contributed by atoms with E-state index in [1.807, 2.05) is 0 Å². The van der Waals surface area contributed by atoms with Crippen LogP contribution >= 0.6 is 15.9 Å². The molecule has 0 unspecified atom stereocenters. The van der Waals surface area contributed by atoms with Gasteiger partial charge in [0.25, 0.3) is 0 Å². The van der Waals surface area contributed by atoms with Crippen LogP contribution in [0.4, 0.5) is 4.39 Å². The van der Waals surface area contributed by atoms with Gasteiger partial charge in [-0.25, -0.2) is 12.8 Å². The van der Waals surface area contributed by atoms with E-state index in [1.54, 1.807) is 6.92 Å². The van der Waals surface area contributed by atoms with Crippen molar-refractivity contribution >= 4 is 31.9 Å². The predicted octanol–water partition coefficient (Wildman–Crippen LogP) is 1.69. The van der Waals surface area contributed by atoms with Crippen molar-refractivity contribution in [2.45, 2.75) is 11.8 Å². The average Bonchev–Trinajstić information content (AvgIpc) is 2.34. The monoisotopic (exact) mass is 366 g/mol. The molecule has 1 aromatic carbocycles. The number of sulfonamides is 1. The number of carbonyl (C=O) groups is 1. The Kier molecular flexibility index (Phi) is 5.67. The molecule has 0 bridgehead atoms. The highest BCUT2D eigenvalue weighted by molar-refractivity contribution is 9.10. The highest BCUT2D eigenvalue weighted by Crippen LogP contribution is 2.22. The van der Waals surface area contributed by atoms with Gasteiger partial charge in [-0.1, -0.05) is 22.9 Å². The number of carbonyl (C=O) groups excluding carboxylic acids is 1. The third-order valence-electron chi connectivity index (χ3n) is 2.67. The minimum absolute atomic E-state index is 0.0808. The topological polar surface area (TPSA) is 57.7 Å². The van der Waals surface area contributed by atoms with Gasteiger partial charge in [0, 0.05) is 25.1 Å². The zero-order chi connectivity index (χ0) is 15.5. The number of benzene rings is 1. The van der Waals surface area contributed by atoms with E-state index in [4.69, 9.17) is 0 Å². The predicted molar refractivity (Wildman–Crippen MR) is 77.2 cm³/mol. The van der Waals surface area contributed by atoms with Gasteiger partial charge in [-0.05, 0) is 18.2 Å². The molecule has 0 atom stereocenters. The molecular weight excluding hydrogens is 351 g/mol. The minimum Gasteiger partial charge on any atom is -0.348 e. The molecule has 0 spiro atoms. The number of halogens is 2. The summed E-state index contributed by atoms with van der Waals surface area (Å²) in [5.74, 6) is -1.22. The Morgan fingerprint density at radius 3 is 2.40 bits per heavy atom. The highest BCUT2D eigenvalue weighted by atomic mass is 79.9. The molecule has 1 amide bonds. The van der Waals surface area contributed by atoms with Crippen LogP contribution in [0.2, 0.25) is 0 Å². The Morgan fingerprint density at radius 2 is 1.95 bits per heavy atom. The summed E-state index contributed by atoms with van der Waals surface area (Å²) in [6, 6.07) is 3.70. The highest BCUT2D eigenvalue weighted by Gasteiger charge is 2.28. The number of likely N-dealkylation sites (N-methyl/N-ethyl adjacent to an activating group) is 2. The fourth-order valence-corrected chi connectivity index (χ4v) is 3.26. The van der Waals surface area contributed by atoms with E-state index in [9.17, 15) is 17.6 Å². The van der Waals surface area contributed by atoms with Crippen LogP contribution < -0.4 is 0 Å². The smallest absolute Gasteiger partial charge is 0.246 e. The molecule has 0 aliphatic carbocycles. The molecule has 0 N–H and O–H groups in total. The summed E-state index contributed by atoms with van der Waals surface area (Å²) in [6.07, 6.45) is 0. The van der Waals surface area contributed by atoms with Gasteiger partial charge in [-0.3, -0.25) is 4.79 Å². The Morgan fingerprint density at radius 1 is 1.35 bits per heavy atom. The molecule has 0 aliphatic heterocycles. The second kappa shape index (κ2) is 6.64. The molecule has 0 aromatic heterocycles. The van der Waals surface area contributed by atoms with Crippen molar-refractivity contribution in [2.24, 2.45) is 0 Å². The molecule has 5 nitrogen and oxygen atoms in total. The molecule has 0 radical (unpaired) electrons. The van der Waals surface area contributed by atoms with Crippen LogP contribution in [-0.2, 0) is 14.8 Å². The van der Waals surface area contributed by atoms with Gasteiger partial charge in [0.1, 0.15) is 10.7 Å². The van der Waals surface area contributed by atoms with Gasteiger partial charge in [0.15, 0.2) is 0 Å². The van der Waals surface area contributed by atoms with Crippen molar-refractivity contribution in [1.82, 2.24) is 9.21 Å². The van der Waals surface area contributed by atoms with Gasteiger partial charge in [-0.15, -0.1) is 0 Å². The summed E-state index contributed by atoms with van der Waals surface area (Å²) in [7, 11) is -0.976. The maximum absolute atomic E-state index is 13.8. The molecule has 0 saturated heterocycles. The number of nitrogens with zero attached hydrogens (tertiary/aromatic N) is 2. The van der Waals surface area contributed by atoms with Crippen molar-refractivity contribution < 1.29 is 17.6 Å². The Hall–Kier alpha value is -0.990. The first-order chi connectivity index (χ1) is 9.20. The second-order valence-corrected chi connectivity index (χ2v) is 7.12. The standard InChI is InChI=1S/C12H16BrFN2O3S/c1-4-16(8-12(17)15(2)3)20(18,19)11-6-5-9(13)7-10(11)14/h5-7H,4,8H2,1-3H3. The maximum Gasteiger partial charge on any atom is 0.246 e. The van der Waals surface area contributed by atoms with Crippen LogP contribution in [0.5, 0.6) is 0 Å². The SMILES string of the molecule is CCN(CC(=O)N(C)C)S(=O)(=O)c1ccc(Br)cc1F. The van der Waals surface area contributed by atoms with E-state index in [2.05, 4.69) is 15.9 Å². The van der Waals surface area contributed by atoms with E-state index in [1.165, 1.54) is 31.1 Å². The van der Waals surface area contributed by atoms with E-state index < -0.39 is 20.7 Å². The fourth-order valence-electron chi connectivity index (χ4n) is 1.48.